The molecule has 2 atom stereocenters. The average Bonchev–Trinajstić information content (AvgIpc) is 3.19. The quantitative estimate of drug-likeness (QED) is 0.576. The Hall–Kier alpha value is -2.13. The molecule has 9 heteroatoms. The molecule has 1 amide bonds. The second-order valence-electron chi connectivity index (χ2n) is 6.43. The molecule has 28 heavy (non-hydrogen) atoms. The van der Waals surface area contributed by atoms with E-state index in [2.05, 4.69) is 15.3 Å². The molecule has 1 aliphatic rings. The number of halogens is 3. The van der Waals surface area contributed by atoms with Crippen LogP contribution in [0.15, 0.2) is 41.6 Å². The summed E-state index contributed by atoms with van der Waals surface area (Å²) in [6.07, 6.45) is -2.76. The van der Waals surface area contributed by atoms with Crippen molar-refractivity contribution in [2.45, 2.75) is 42.5 Å². The minimum atomic E-state index is -4.60. The molecule has 0 spiro atoms. The highest BCUT2D eigenvalue weighted by Crippen LogP contribution is 2.32. The van der Waals surface area contributed by atoms with Gasteiger partial charge in [-0.1, -0.05) is 42.1 Å². The van der Waals surface area contributed by atoms with Gasteiger partial charge in [0.05, 0.1) is 17.0 Å². The van der Waals surface area contributed by atoms with E-state index in [9.17, 15) is 18.0 Å². The number of carbonyl (C=O) groups excluding carboxylic acids is 1. The van der Waals surface area contributed by atoms with Crippen molar-refractivity contribution in [2.75, 3.05) is 13.2 Å². The van der Waals surface area contributed by atoms with Crippen molar-refractivity contribution in [3.8, 4) is 11.3 Å². The van der Waals surface area contributed by atoms with E-state index in [0.717, 1.165) is 30.7 Å². The van der Waals surface area contributed by atoms with E-state index in [1.54, 1.807) is 37.3 Å². The van der Waals surface area contributed by atoms with Crippen molar-refractivity contribution < 1.29 is 22.7 Å². The molecule has 1 saturated heterocycles. The summed E-state index contributed by atoms with van der Waals surface area (Å²) in [5, 5.41) is 2.04. The average molecular weight is 411 g/mol. The number of benzene rings is 1. The van der Waals surface area contributed by atoms with Gasteiger partial charge < -0.3 is 10.1 Å². The maximum Gasteiger partial charge on any atom is 0.433 e. The van der Waals surface area contributed by atoms with E-state index in [4.69, 9.17) is 4.74 Å². The second kappa shape index (κ2) is 8.91. The van der Waals surface area contributed by atoms with Crippen molar-refractivity contribution in [3.63, 3.8) is 0 Å². The van der Waals surface area contributed by atoms with Crippen LogP contribution in [0.2, 0.25) is 0 Å². The summed E-state index contributed by atoms with van der Waals surface area (Å²) in [4.78, 5) is 20.1. The first-order valence-electron chi connectivity index (χ1n) is 8.90. The molecule has 1 N–H and O–H groups in total. The van der Waals surface area contributed by atoms with Crippen LogP contribution in [0.3, 0.4) is 0 Å². The Kier molecular flexibility index (Phi) is 6.56. The van der Waals surface area contributed by atoms with E-state index in [-0.39, 0.29) is 22.9 Å². The highest BCUT2D eigenvalue weighted by molar-refractivity contribution is 8.00. The summed E-state index contributed by atoms with van der Waals surface area (Å²) < 4.78 is 45.2. The van der Waals surface area contributed by atoms with Crippen LogP contribution in [-0.2, 0) is 15.7 Å². The minimum Gasteiger partial charge on any atom is -0.376 e. The number of hydrogen-bond acceptors (Lipinski definition) is 5. The zero-order valence-electron chi connectivity index (χ0n) is 15.2. The van der Waals surface area contributed by atoms with Gasteiger partial charge in [0.25, 0.3) is 0 Å². The number of nitrogens with zero attached hydrogens (tertiary/aromatic N) is 2. The first-order chi connectivity index (χ1) is 13.3. The van der Waals surface area contributed by atoms with Gasteiger partial charge in [0.2, 0.25) is 5.91 Å². The Morgan fingerprint density at radius 2 is 2.07 bits per heavy atom. The minimum absolute atomic E-state index is 0.00404. The number of aromatic nitrogens is 2. The predicted octanol–water partition coefficient (Wildman–Crippen LogP) is 3.94. The zero-order chi connectivity index (χ0) is 20.1. The van der Waals surface area contributed by atoms with Gasteiger partial charge in [0.1, 0.15) is 5.69 Å². The van der Waals surface area contributed by atoms with Gasteiger partial charge in [0.15, 0.2) is 5.16 Å². The second-order valence-corrected chi connectivity index (χ2v) is 7.73. The van der Waals surface area contributed by atoms with Gasteiger partial charge in [-0.3, -0.25) is 4.79 Å². The van der Waals surface area contributed by atoms with Crippen LogP contribution in [0, 0.1) is 0 Å². The van der Waals surface area contributed by atoms with Crippen molar-refractivity contribution in [3.05, 3.63) is 42.1 Å². The molecule has 2 heterocycles. The largest absolute Gasteiger partial charge is 0.433 e. The lowest BCUT2D eigenvalue weighted by Gasteiger charge is -2.15. The molecule has 0 aliphatic carbocycles. The van der Waals surface area contributed by atoms with Gasteiger partial charge in [-0.05, 0) is 25.8 Å². The molecular formula is C19H20F3N3O2S. The van der Waals surface area contributed by atoms with Gasteiger partial charge in [-0.2, -0.15) is 13.2 Å². The van der Waals surface area contributed by atoms with Crippen LogP contribution in [-0.4, -0.2) is 40.4 Å². The highest BCUT2D eigenvalue weighted by Gasteiger charge is 2.34. The van der Waals surface area contributed by atoms with Gasteiger partial charge in [-0.25, -0.2) is 9.97 Å². The molecule has 1 fully saturated rings. The molecule has 3 rings (SSSR count). The fourth-order valence-electron chi connectivity index (χ4n) is 2.75. The van der Waals surface area contributed by atoms with E-state index in [1.165, 1.54) is 0 Å². The van der Waals surface area contributed by atoms with Crippen LogP contribution in [0.25, 0.3) is 11.3 Å². The number of thioether (sulfide) groups is 1. The van der Waals surface area contributed by atoms with Gasteiger partial charge in [0, 0.05) is 18.7 Å². The number of hydrogen-bond donors (Lipinski definition) is 1. The molecule has 0 radical (unpaired) electrons. The third-order valence-electron chi connectivity index (χ3n) is 4.24. The molecule has 0 unspecified atom stereocenters. The summed E-state index contributed by atoms with van der Waals surface area (Å²) >= 11 is 0.898. The number of ether oxygens (including phenoxy) is 1. The number of alkyl halides is 3. The molecule has 1 aliphatic heterocycles. The lowest BCUT2D eigenvalue weighted by molar-refractivity contribution is -0.141. The Morgan fingerprint density at radius 1 is 1.32 bits per heavy atom. The maximum absolute atomic E-state index is 13.3. The Balaban J connectivity index is 1.75. The molecule has 5 nitrogen and oxygen atoms in total. The third kappa shape index (κ3) is 5.45. The van der Waals surface area contributed by atoms with Crippen LogP contribution in [0.5, 0.6) is 0 Å². The number of amides is 1. The SMILES string of the molecule is C[C@@H](Sc1nc(-c2ccccc2)cc(C(F)(F)F)n1)C(=O)NC[C@H]1CCCO1. The van der Waals surface area contributed by atoms with Crippen molar-refractivity contribution in [1.82, 2.24) is 15.3 Å². The van der Waals surface area contributed by atoms with Crippen LogP contribution >= 0.6 is 11.8 Å². The summed E-state index contributed by atoms with van der Waals surface area (Å²) in [6, 6.07) is 9.48. The van der Waals surface area contributed by atoms with E-state index < -0.39 is 17.1 Å². The maximum atomic E-state index is 13.3. The monoisotopic (exact) mass is 411 g/mol. The molecule has 0 saturated carbocycles. The van der Waals surface area contributed by atoms with Gasteiger partial charge in [-0.15, -0.1) is 0 Å². The Bertz CT molecular complexity index is 812. The van der Waals surface area contributed by atoms with Crippen LogP contribution in [0.1, 0.15) is 25.5 Å². The standard InChI is InChI=1S/C19H20F3N3O2S/c1-12(17(26)23-11-14-8-5-9-27-14)28-18-24-15(13-6-3-2-4-7-13)10-16(25-18)19(20,21)22/h2-4,6-7,10,12,14H,5,8-9,11H2,1H3,(H,23,26)/t12-,14-/m1/s1. The molecule has 150 valence electrons. The van der Waals surface area contributed by atoms with E-state index >= 15 is 0 Å². The Morgan fingerprint density at radius 3 is 2.71 bits per heavy atom. The topological polar surface area (TPSA) is 64.1 Å². The van der Waals surface area contributed by atoms with Crippen molar-refractivity contribution in [2.24, 2.45) is 0 Å². The lowest BCUT2D eigenvalue weighted by Crippen LogP contribution is -2.36. The fourth-order valence-corrected chi connectivity index (χ4v) is 3.56. The first-order valence-corrected chi connectivity index (χ1v) is 9.78. The van der Waals surface area contributed by atoms with Crippen molar-refractivity contribution in [1.29, 1.82) is 0 Å². The van der Waals surface area contributed by atoms with Crippen LogP contribution < -0.4 is 5.32 Å². The van der Waals surface area contributed by atoms with E-state index in [1.807, 2.05) is 0 Å². The smallest absolute Gasteiger partial charge is 0.376 e. The lowest BCUT2D eigenvalue weighted by atomic mass is 10.1. The molecule has 0 bridgehead atoms. The highest BCUT2D eigenvalue weighted by atomic mass is 32.2. The summed E-state index contributed by atoms with van der Waals surface area (Å²) in [6.45, 7) is 2.69. The zero-order valence-corrected chi connectivity index (χ0v) is 16.0. The van der Waals surface area contributed by atoms with Crippen LogP contribution in [0.4, 0.5) is 13.2 Å². The van der Waals surface area contributed by atoms with Gasteiger partial charge >= 0.3 is 6.18 Å². The normalized spacial score (nSPS) is 18.1. The summed E-state index contributed by atoms with van der Waals surface area (Å²) in [5.74, 6) is -0.289. The number of carbonyl (C=O) groups is 1. The molecule has 2 aromatic rings. The first kappa shape index (κ1) is 20.6. The molecule has 1 aromatic carbocycles. The Labute approximate surface area is 165 Å². The number of rotatable bonds is 6. The third-order valence-corrected chi connectivity index (χ3v) is 5.21. The number of nitrogens with one attached hydrogen (secondary N) is 1. The van der Waals surface area contributed by atoms with Crippen molar-refractivity contribution >= 4 is 17.7 Å². The molecule has 1 aromatic heterocycles. The summed E-state index contributed by atoms with van der Waals surface area (Å²) in [7, 11) is 0. The summed E-state index contributed by atoms with van der Waals surface area (Å²) in [5.41, 5.74) is -0.319. The predicted molar refractivity (Wildman–Crippen MR) is 99.8 cm³/mol. The fraction of sp³-hybridized carbons (Fsp3) is 0.421. The molecular weight excluding hydrogens is 391 g/mol. The van der Waals surface area contributed by atoms with E-state index in [0.29, 0.717) is 18.7 Å².